The Kier molecular flexibility index (Phi) is 3.78. The van der Waals surface area contributed by atoms with Crippen LogP contribution < -0.4 is 10.5 Å². The maximum atomic E-state index is 11.9. The molecule has 1 aromatic rings. The smallest absolute Gasteiger partial charge is 0.277 e. The van der Waals surface area contributed by atoms with Gasteiger partial charge < -0.3 is 10.5 Å². The minimum Gasteiger partial charge on any atom is -0.484 e. The van der Waals surface area contributed by atoms with Crippen LogP contribution in [0.2, 0.25) is 0 Å². The minimum atomic E-state index is -0.541. The summed E-state index contributed by atoms with van der Waals surface area (Å²) < 4.78 is 5.10. The monoisotopic (exact) mass is 250 g/mol. The van der Waals surface area contributed by atoms with Gasteiger partial charge in [0, 0.05) is 5.56 Å². The fraction of sp³-hybridized carbons (Fsp3) is 0.333. The van der Waals surface area contributed by atoms with Crippen LogP contribution in [0.3, 0.4) is 0 Å². The van der Waals surface area contributed by atoms with Gasteiger partial charge in [-0.3, -0.25) is 14.4 Å². The first-order chi connectivity index (χ1) is 8.66. The highest BCUT2D eigenvalue weighted by atomic mass is 16.7. The second kappa shape index (κ2) is 5.50. The highest BCUT2D eigenvalue weighted by molar-refractivity contribution is 5.93. The summed E-state index contributed by atoms with van der Waals surface area (Å²) in [6.45, 7) is 1.01. The van der Waals surface area contributed by atoms with Crippen molar-refractivity contribution < 1.29 is 19.2 Å². The molecule has 0 aliphatic carbocycles. The van der Waals surface area contributed by atoms with Crippen LogP contribution in [0.4, 0.5) is 0 Å². The lowest BCUT2D eigenvalue weighted by Gasteiger charge is -2.13. The zero-order chi connectivity index (χ0) is 13.0. The van der Waals surface area contributed by atoms with Crippen molar-refractivity contribution in [2.24, 2.45) is 5.73 Å². The average molecular weight is 250 g/mol. The van der Waals surface area contributed by atoms with Crippen molar-refractivity contribution in [2.45, 2.75) is 6.42 Å². The summed E-state index contributed by atoms with van der Waals surface area (Å²) in [5, 5.41) is 1.35. The van der Waals surface area contributed by atoms with Gasteiger partial charge in [-0.15, -0.1) is 0 Å². The number of nitrogens with zero attached hydrogens (tertiary/aromatic N) is 1. The molecule has 0 radical (unpaired) electrons. The molecular weight excluding hydrogens is 236 g/mol. The van der Waals surface area contributed by atoms with Gasteiger partial charge in [-0.1, -0.05) is 0 Å². The van der Waals surface area contributed by atoms with E-state index in [0.29, 0.717) is 24.5 Å². The van der Waals surface area contributed by atoms with E-state index < -0.39 is 5.91 Å². The molecule has 0 aromatic heterocycles. The molecule has 1 aliphatic heterocycles. The Morgan fingerprint density at radius 1 is 1.33 bits per heavy atom. The molecule has 1 saturated heterocycles. The number of hydrogen-bond acceptors (Lipinski definition) is 4. The molecule has 6 heteroatoms. The van der Waals surface area contributed by atoms with E-state index >= 15 is 0 Å². The van der Waals surface area contributed by atoms with E-state index in [9.17, 15) is 9.59 Å². The molecule has 0 unspecified atom stereocenters. The fourth-order valence-electron chi connectivity index (χ4n) is 1.60. The van der Waals surface area contributed by atoms with E-state index in [-0.39, 0.29) is 12.5 Å². The first-order valence-electron chi connectivity index (χ1n) is 5.63. The third kappa shape index (κ3) is 2.98. The Morgan fingerprint density at radius 2 is 2.06 bits per heavy atom. The Balaban J connectivity index is 1.98. The molecule has 2 rings (SSSR count). The highest BCUT2D eigenvalue weighted by Crippen LogP contribution is 2.15. The molecule has 1 aliphatic rings. The standard InChI is InChI=1S/C12H14N2O4/c13-11(15)8-17-10-4-2-9(3-5-10)12(16)14-6-1-7-18-14/h2-5H,1,6-8H2,(H2,13,15). The number of rotatable bonds is 4. The van der Waals surface area contributed by atoms with Crippen molar-refractivity contribution in [3.05, 3.63) is 29.8 Å². The Labute approximate surface area is 104 Å². The van der Waals surface area contributed by atoms with Crippen molar-refractivity contribution in [1.82, 2.24) is 5.06 Å². The molecule has 0 atom stereocenters. The van der Waals surface area contributed by atoms with Gasteiger partial charge in [0.1, 0.15) is 5.75 Å². The van der Waals surface area contributed by atoms with Crippen LogP contribution in [-0.4, -0.2) is 36.6 Å². The van der Waals surface area contributed by atoms with Gasteiger partial charge in [-0.25, -0.2) is 5.06 Å². The number of hydrogen-bond donors (Lipinski definition) is 1. The lowest BCUT2D eigenvalue weighted by molar-refractivity contribution is -0.119. The maximum absolute atomic E-state index is 11.9. The summed E-state index contributed by atoms with van der Waals surface area (Å²) >= 11 is 0. The van der Waals surface area contributed by atoms with E-state index in [2.05, 4.69) is 0 Å². The van der Waals surface area contributed by atoms with Gasteiger partial charge in [-0.2, -0.15) is 0 Å². The summed E-state index contributed by atoms with van der Waals surface area (Å²) in [5.74, 6) is -0.220. The number of ether oxygens (including phenoxy) is 1. The van der Waals surface area contributed by atoms with Crippen LogP contribution in [0.1, 0.15) is 16.8 Å². The summed E-state index contributed by atoms with van der Waals surface area (Å²) in [5.41, 5.74) is 5.48. The number of benzene rings is 1. The van der Waals surface area contributed by atoms with Crippen LogP contribution in [0.25, 0.3) is 0 Å². The number of carbonyl (C=O) groups is 2. The molecule has 2 N–H and O–H groups in total. The van der Waals surface area contributed by atoms with Gasteiger partial charge >= 0.3 is 0 Å². The molecule has 2 amide bonds. The second-order valence-electron chi connectivity index (χ2n) is 3.87. The number of hydroxylamine groups is 2. The number of amides is 2. The van der Waals surface area contributed by atoms with E-state index in [1.54, 1.807) is 24.3 Å². The fourth-order valence-corrected chi connectivity index (χ4v) is 1.60. The number of nitrogens with two attached hydrogens (primary N) is 1. The first kappa shape index (κ1) is 12.4. The van der Waals surface area contributed by atoms with Crippen molar-refractivity contribution in [3.8, 4) is 5.75 Å². The van der Waals surface area contributed by atoms with E-state index in [4.69, 9.17) is 15.3 Å². The SMILES string of the molecule is NC(=O)COc1ccc(C(=O)N2CCCO2)cc1. The van der Waals surface area contributed by atoms with E-state index in [1.807, 2.05) is 0 Å². The molecule has 0 saturated carbocycles. The van der Waals surface area contributed by atoms with Crippen LogP contribution in [-0.2, 0) is 9.63 Å². The molecule has 0 bridgehead atoms. The van der Waals surface area contributed by atoms with Crippen molar-refractivity contribution >= 4 is 11.8 Å². The highest BCUT2D eigenvalue weighted by Gasteiger charge is 2.20. The largest absolute Gasteiger partial charge is 0.484 e. The topological polar surface area (TPSA) is 81.9 Å². The summed E-state index contributed by atoms with van der Waals surface area (Å²) in [4.78, 5) is 27.6. The molecule has 1 fully saturated rings. The van der Waals surface area contributed by atoms with Crippen LogP contribution in [0.5, 0.6) is 5.75 Å². The van der Waals surface area contributed by atoms with Crippen molar-refractivity contribution in [2.75, 3.05) is 19.8 Å². The van der Waals surface area contributed by atoms with Crippen molar-refractivity contribution in [3.63, 3.8) is 0 Å². The van der Waals surface area contributed by atoms with Crippen LogP contribution in [0.15, 0.2) is 24.3 Å². The normalized spacial score (nSPS) is 14.6. The summed E-state index contributed by atoms with van der Waals surface area (Å²) in [7, 11) is 0. The first-order valence-corrected chi connectivity index (χ1v) is 5.63. The molecule has 6 nitrogen and oxygen atoms in total. The summed E-state index contributed by atoms with van der Waals surface area (Å²) in [6.07, 6.45) is 0.853. The molecule has 1 aromatic carbocycles. The average Bonchev–Trinajstić information content (AvgIpc) is 2.90. The molecular formula is C12H14N2O4. The quantitative estimate of drug-likeness (QED) is 0.834. The number of primary amides is 1. The van der Waals surface area contributed by atoms with Gasteiger partial charge in [0.05, 0.1) is 13.2 Å². The Bertz CT molecular complexity index is 438. The van der Waals surface area contributed by atoms with Gasteiger partial charge in [0.25, 0.3) is 11.8 Å². The van der Waals surface area contributed by atoms with Gasteiger partial charge in [-0.05, 0) is 30.7 Å². The Hall–Kier alpha value is -2.08. The molecule has 18 heavy (non-hydrogen) atoms. The second-order valence-corrected chi connectivity index (χ2v) is 3.87. The molecule has 0 spiro atoms. The van der Waals surface area contributed by atoms with Crippen LogP contribution >= 0.6 is 0 Å². The van der Waals surface area contributed by atoms with E-state index in [1.165, 1.54) is 5.06 Å². The van der Waals surface area contributed by atoms with Gasteiger partial charge in [0.15, 0.2) is 6.61 Å². The lowest BCUT2D eigenvalue weighted by atomic mass is 10.2. The van der Waals surface area contributed by atoms with Crippen LogP contribution in [0, 0.1) is 0 Å². The lowest BCUT2D eigenvalue weighted by Crippen LogP contribution is -2.26. The summed E-state index contributed by atoms with van der Waals surface area (Å²) in [6, 6.07) is 6.49. The van der Waals surface area contributed by atoms with Gasteiger partial charge in [0.2, 0.25) is 0 Å². The predicted molar refractivity (Wildman–Crippen MR) is 62.7 cm³/mol. The third-order valence-corrected chi connectivity index (χ3v) is 2.46. The van der Waals surface area contributed by atoms with Crippen molar-refractivity contribution in [1.29, 1.82) is 0 Å². The zero-order valence-electron chi connectivity index (χ0n) is 9.80. The minimum absolute atomic E-state index is 0.172. The maximum Gasteiger partial charge on any atom is 0.277 e. The Morgan fingerprint density at radius 3 is 2.61 bits per heavy atom. The molecule has 1 heterocycles. The predicted octanol–water partition coefficient (Wildman–Crippen LogP) is 0.328. The third-order valence-electron chi connectivity index (χ3n) is 2.46. The zero-order valence-corrected chi connectivity index (χ0v) is 9.80. The molecule has 96 valence electrons. The number of carbonyl (C=O) groups excluding carboxylic acids is 2. The van der Waals surface area contributed by atoms with E-state index in [0.717, 1.165) is 6.42 Å².